The fourth-order valence-corrected chi connectivity index (χ4v) is 18.6. The maximum Gasteiger partial charge on any atom is 0.410 e. The number of ether oxygens (including phenoxy) is 4. The van der Waals surface area contributed by atoms with Crippen LogP contribution in [-0.4, -0.2) is 184 Å². The molecule has 3 aromatic heterocycles. The smallest absolute Gasteiger partial charge is 0.410 e. The van der Waals surface area contributed by atoms with Crippen molar-refractivity contribution in [1.82, 2.24) is 34.9 Å². The molecule has 6 aromatic rings. The predicted octanol–water partition coefficient (Wildman–Crippen LogP) is 6.95. The number of aliphatic hydroxyl groups is 4. The van der Waals surface area contributed by atoms with Crippen molar-refractivity contribution in [3.63, 3.8) is 0 Å². The zero-order chi connectivity index (χ0) is 69.8. The van der Waals surface area contributed by atoms with E-state index in [0.717, 1.165) is 81.8 Å². The van der Waals surface area contributed by atoms with E-state index in [2.05, 4.69) is 29.5 Å². The van der Waals surface area contributed by atoms with Crippen LogP contribution in [0.3, 0.4) is 0 Å². The Hall–Kier alpha value is -8.70. The number of imide groups is 1. The number of carbonyl (C=O) groups is 7. The number of thiazole rings is 1. The molecule has 3 aliphatic heterocycles. The van der Waals surface area contributed by atoms with Crippen molar-refractivity contribution >= 4 is 74.2 Å². The van der Waals surface area contributed by atoms with Crippen LogP contribution in [0.5, 0.6) is 5.75 Å². The number of carbonyl (C=O) groups excluding carboxylic acids is 5. The van der Waals surface area contributed by atoms with Crippen molar-refractivity contribution in [2.75, 3.05) is 56.2 Å². The second-order valence-corrected chi connectivity index (χ2v) is 29.7. The third-order valence-electron chi connectivity index (χ3n) is 21.9. The lowest BCUT2D eigenvalue weighted by Gasteiger charge is -2.64. The number of hydrogen-bond acceptors (Lipinski definition) is 20. The van der Waals surface area contributed by atoms with Gasteiger partial charge in [-0.25, -0.2) is 24.4 Å². The average molecular weight is 1380 g/mol. The largest absolute Gasteiger partial charge is 0.479 e. The molecule has 5 amide bonds. The van der Waals surface area contributed by atoms with Crippen LogP contribution in [0.15, 0.2) is 91.1 Å². The first-order chi connectivity index (χ1) is 47.4. The van der Waals surface area contributed by atoms with Crippen molar-refractivity contribution in [2.45, 2.75) is 160 Å². The highest BCUT2D eigenvalue weighted by Gasteiger charge is 2.84. The van der Waals surface area contributed by atoms with E-state index in [-0.39, 0.29) is 91.1 Å². The van der Waals surface area contributed by atoms with E-state index in [1.54, 1.807) is 30.5 Å². The number of aliphatic carboxylic acids is 1. The molecule has 4 saturated carbocycles. The van der Waals surface area contributed by atoms with Gasteiger partial charge in [-0.1, -0.05) is 61.6 Å². The number of nitrogens with one attached hydrogen (secondary N) is 2. The van der Waals surface area contributed by atoms with Gasteiger partial charge in [0.2, 0.25) is 12.2 Å². The molecule has 0 radical (unpaired) electrons. The molecule has 3 bridgehead atoms. The highest BCUT2D eigenvalue weighted by atomic mass is 32.1. The lowest BCUT2D eigenvalue weighted by molar-refractivity contribution is -0.195. The van der Waals surface area contributed by atoms with Crippen LogP contribution in [-0.2, 0) is 65.9 Å². The third kappa shape index (κ3) is 13.6. The number of nitrogens with zero attached hydrogens (tertiary/aromatic N) is 7. The number of hydrogen-bond donors (Lipinski definition) is 8. The van der Waals surface area contributed by atoms with Crippen LogP contribution in [0.1, 0.15) is 133 Å². The molecule has 4 aliphatic carbocycles. The summed E-state index contributed by atoms with van der Waals surface area (Å²) in [6.45, 7) is 7.07. The van der Waals surface area contributed by atoms with Crippen LogP contribution >= 0.6 is 11.3 Å². The highest BCUT2D eigenvalue weighted by Crippen LogP contribution is 2.89. The Kier molecular flexibility index (Phi) is 19.1. The summed E-state index contributed by atoms with van der Waals surface area (Å²) in [5, 5.41) is 73.3. The molecule has 6 heterocycles. The number of aromatic carboxylic acids is 1. The summed E-state index contributed by atoms with van der Waals surface area (Å²) in [7, 11) is 0. The summed E-state index contributed by atoms with van der Waals surface area (Å²) < 4.78 is 28.1. The van der Waals surface area contributed by atoms with Crippen LogP contribution in [0.2, 0.25) is 0 Å². The van der Waals surface area contributed by atoms with Gasteiger partial charge in [0.1, 0.15) is 30.8 Å². The van der Waals surface area contributed by atoms with Crippen LogP contribution in [0, 0.1) is 28.6 Å². The highest BCUT2D eigenvalue weighted by molar-refractivity contribution is 7.22. The first-order valence-corrected chi connectivity index (χ1v) is 34.7. The number of anilines is 2. The molecule has 8 N–H and O–H groups in total. The minimum absolute atomic E-state index is 0.0145. The fraction of sp³-hybridized carbons (Fsp3) is 0.500. The summed E-state index contributed by atoms with van der Waals surface area (Å²) >= 11 is 1.40. The number of pyridine rings is 1. The van der Waals surface area contributed by atoms with E-state index < -0.39 is 85.2 Å². The molecular formula is C72H83N9O17S. The molecule has 1 spiro atoms. The number of para-hydroxylation sites is 1. The zero-order valence-electron chi connectivity index (χ0n) is 55.5. The molecule has 5 fully saturated rings. The van der Waals surface area contributed by atoms with Crippen LogP contribution < -0.4 is 20.3 Å². The Labute approximate surface area is 574 Å². The maximum atomic E-state index is 14.4. The summed E-state index contributed by atoms with van der Waals surface area (Å²) in [4.78, 5) is 103. The number of fused-ring (bicyclic) bond motifs is 4. The van der Waals surface area contributed by atoms with Gasteiger partial charge < -0.3 is 64.7 Å². The first kappa shape index (κ1) is 68.8. The lowest BCUT2D eigenvalue weighted by atomic mass is 9.40. The van der Waals surface area contributed by atoms with Crippen molar-refractivity contribution in [3.8, 4) is 16.9 Å². The fourth-order valence-electron chi connectivity index (χ4n) is 17.8. The second-order valence-electron chi connectivity index (χ2n) is 28.7. The number of rotatable bonds is 28. The number of aryl methyl sites for hydroxylation is 1. The normalized spacial score (nSPS) is 26.2. The van der Waals surface area contributed by atoms with E-state index in [0.29, 0.717) is 84.9 Å². The van der Waals surface area contributed by atoms with Crippen molar-refractivity contribution < 1.29 is 83.1 Å². The lowest BCUT2D eigenvalue weighted by Crippen LogP contribution is -2.57. The molecule has 3 aromatic carbocycles. The number of carboxylic acid groups (broad SMARTS) is 2. The van der Waals surface area contributed by atoms with Crippen molar-refractivity contribution in [1.29, 1.82) is 0 Å². The van der Waals surface area contributed by atoms with E-state index >= 15 is 0 Å². The molecule has 13 rings (SSSR count). The van der Waals surface area contributed by atoms with Gasteiger partial charge >= 0.3 is 18.0 Å². The molecule has 10 atom stereocenters. The number of aliphatic hydroxyl groups excluding tert-OH is 4. The summed E-state index contributed by atoms with van der Waals surface area (Å²) in [6.07, 6.45) is 3.98. The number of aromatic nitrogens is 4. The van der Waals surface area contributed by atoms with Crippen molar-refractivity contribution in [2.24, 2.45) is 21.7 Å². The van der Waals surface area contributed by atoms with E-state index in [1.807, 2.05) is 65.0 Å². The minimum atomic E-state index is -1.46. The van der Waals surface area contributed by atoms with Crippen LogP contribution in [0.25, 0.3) is 21.3 Å². The Balaban J connectivity index is 0.681. The Morgan fingerprint density at radius 1 is 0.869 bits per heavy atom. The molecule has 7 aliphatic rings. The van der Waals surface area contributed by atoms with E-state index in [4.69, 9.17) is 29.0 Å². The summed E-state index contributed by atoms with van der Waals surface area (Å²) in [5.41, 5.74) is 5.27. The van der Waals surface area contributed by atoms with Gasteiger partial charge in [-0.05, 0) is 152 Å². The Morgan fingerprint density at radius 3 is 2.44 bits per heavy atom. The SMILES string of the molecule is Cc1c(-c2ccc(N3CCc4cccc(C(=O)Nc5nc6ccccc6s5)c4C3)nc2C(=O)O)cnn1CC12CC3(OCCN(CCC(O)C(O)CO)C(=O)OCc4ccc(CCCCNC(=O)CN5C(=O)C=CC5=O)cc4OC4CC(O)CC(C(=O)O)O4)CC4(C)CC(C)(C1)C4(C2)C3. The third-order valence-corrected chi connectivity index (χ3v) is 22.9. The number of benzene rings is 3. The zero-order valence-corrected chi connectivity index (χ0v) is 56.3. The number of amides is 5. The van der Waals surface area contributed by atoms with Gasteiger partial charge in [-0.15, -0.1) is 0 Å². The predicted molar refractivity (Wildman–Crippen MR) is 359 cm³/mol. The maximum absolute atomic E-state index is 14.4. The Morgan fingerprint density at radius 2 is 1.67 bits per heavy atom. The van der Waals surface area contributed by atoms with Gasteiger partial charge in [0.05, 0.1) is 47.4 Å². The monoisotopic (exact) mass is 1380 g/mol. The Bertz CT molecular complexity index is 4150. The molecular weight excluding hydrogens is 1290 g/mol. The molecule has 99 heavy (non-hydrogen) atoms. The minimum Gasteiger partial charge on any atom is -0.479 e. The van der Waals surface area contributed by atoms with Gasteiger partial charge in [0, 0.05) is 92.2 Å². The van der Waals surface area contributed by atoms with Crippen molar-refractivity contribution in [3.05, 3.63) is 130 Å². The molecule has 27 heteroatoms. The molecule has 524 valence electrons. The average Bonchev–Trinajstić information content (AvgIpc) is 1.46. The quantitative estimate of drug-likeness (QED) is 0.0182. The topological polar surface area (TPSA) is 355 Å². The summed E-state index contributed by atoms with van der Waals surface area (Å²) in [5.74, 6) is -3.65. The van der Waals surface area contributed by atoms with Gasteiger partial charge in [-0.3, -0.25) is 34.1 Å². The van der Waals surface area contributed by atoms with Gasteiger partial charge in [0.15, 0.2) is 16.9 Å². The molecule has 10 unspecified atom stereocenters. The van der Waals surface area contributed by atoms with E-state index in [1.165, 1.54) is 16.2 Å². The van der Waals surface area contributed by atoms with Crippen LogP contribution in [0.4, 0.5) is 15.7 Å². The number of unbranched alkanes of at least 4 members (excludes halogenated alkanes) is 1. The van der Waals surface area contributed by atoms with Gasteiger partial charge in [-0.2, -0.15) is 5.10 Å². The first-order valence-electron chi connectivity index (χ1n) is 33.8. The second kappa shape index (κ2) is 27.4. The van der Waals surface area contributed by atoms with Gasteiger partial charge in [0.25, 0.3) is 17.7 Å². The summed E-state index contributed by atoms with van der Waals surface area (Å²) in [6, 6.07) is 22.2. The standard InChI is InChI=1S/C72H83N9O17S/c1-42-49(47-16-17-57(76-62(47)65(92)93)79-23-20-44-10-8-11-48(50(44)31-79)63(89)77-66-75-51-12-4-5-13-56(51)99-66)30-74-81(42)41-70-36-68(2)35-69(3)37-71(38-70,40-72(68,69)39-70)96-26-25-78(24-21-52(84)53(85)33-82)67(94)95-34-45-15-14-43(27-54(45)97-61-29-46(83)28-55(98-61)64(90)91)9-6-7-22-73-58(86)32-80-59(87)18-19-60(80)88/h4-5,8,10-19,27,30,46,52-53,55,61,82-85H,6-7,9,20-26,28-29,31-41H2,1-3H3,(H,73,86)(H,90,91)(H,92,93)(H,75,77,89). The molecule has 26 nitrogen and oxygen atoms in total. The van der Waals surface area contributed by atoms with E-state index in [9.17, 15) is 64.2 Å². The molecule has 1 saturated heterocycles. The number of carboxylic acids is 2.